The van der Waals surface area contributed by atoms with Crippen LogP contribution < -0.4 is 0 Å². The Kier molecular flexibility index (Phi) is 3.66. The summed E-state index contributed by atoms with van der Waals surface area (Å²) in [6.07, 6.45) is 0.465. The third-order valence-electron chi connectivity index (χ3n) is 2.68. The number of oxime groups is 1. The molecule has 0 spiro atoms. The highest BCUT2D eigenvalue weighted by Gasteiger charge is 2.37. The number of rotatable bonds is 3. The molecule has 100 valence electrons. The monoisotopic (exact) mass is 308 g/mol. The lowest BCUT2D eigenvalue weighted by molar-refractivity contribution is 0.0123. The molecule has 2 heterocycles. The summed E-state index contributed by atoms with van der Waals surface area (Å²) in [7, 11) is -2.73. The van der Waals surface area contributed by atoms with E-state index in [4.69, 9.17) is 16.4 Å². The van der Waals surface area contributed by atoms with Crippen molar-refractivity contribution in [3.63, 3.8) is 0 Å². The van der Waals surface area contributed by atoms with Gasteiger partial charge in [-0.25, -0.2) is 8.42 Å². The number of hydrogen-bond donors (Lipinski definition) is 1. The Bertz CT molecular complexity index is 550. The predicted octanol–water partition coefficient (Wildman–Crippen LogP) is 2.31. The number of thiol groups is 1. The minimum atomic E-state index is -2.73. The first-order valence-corrected chi connectivity index (χ1v) is 7.72. The molecule has 0 bridgehead atoms. The number of halogens is 1. The van der Waals surface area contributed by atoms with Gasteiger partial charge in [-0.2, -0.15) is 4.37 Å². The van der Waals surface area contributed by atoms with Crippen LogP contribution in [0, 0.1) is 6.92 Å². The second-order valence-electron chi connectivity index (χ2n) is 4.75. The molecular formula is C10H13ClN2O3S2. The largest absolute Gasteiger partial charge is 0.389 e. The lowest BCUT2D eigenvalue weighted by atomic mass is 9.98. The number of nitrogens with zero attached hydrogens (tertiary/aromatic N) is 2. The lowest BCUT2D eigenvalue weighted by Gasteiger charge is -2.14. The van der Waals surface area contributed by atoms with E-state index in [1.807, 2.05) is 13.8 Å². The summed E-state index contributed by atoms with van der Waals surface area (Å²) in [6, 6.07) is 0. The van der Waals surface area contributed by atoms with Gasteiger partial charge in [0.1, 0.15) is 15.2 Å². The van der Waals surface area contributed by atoms with Crippen LogP contribution in [0.4, 0.5) is 0 Å². The van der Waals surface area contributed by atoms with Gasteiger partial charge in [0.2, 0.25) is 0 Å². The average molecular weight is 309 g/mol. The summed E-state index contributed by atoms with van der Waals surface area (Å²) in [5, 5.41) is 3.06. The zero-order valence-corrected chi connectivity index (χ0v) is 12.6. The van der Waals surface area contributed by atoms with E-state index in [0.29, 0.717) is 27.7 Å². The molecule has 1 atom stereocenters. The molecule has 0 radical (unpaired) electrons. The molecule has 0 N–H and O–H groups in total. The van der Waals surface area contributed by atoms with Gasteiger partial charge in [-0.3, -0.25) is 0 Å². The van der Waals surface area contributed by atoms with Gasteiger partial charge in [-0.05, 0) is 32.3 Å². The molecule has 1 aliphatic rings. The second-order valence-corrected chi connectivity index (χ2v) is 7.22. The normalized spacial score (nSPS) is 19.7. The molecule has 5 nitrogen and oxygen atoms in total. The van der Waals surface area contributed by atoms with Crippen molar-refractivity contribution in [2.75, 3.05) is 0 Å². The minimum Gasteiger partial charge on any atom is -0.389 e. The van der Waals surface area contributed by atoms with Crippen LogP contribution in [0.5, 0.6) is 0 Å². The molecule has 18 heavy (non-hydrogen) atoms. The number of hydrogen-bond acceptors (Lipinski definition) is 6. The molecule has 0 amide bonds. The Labute approximate surface area is 116 Å². The molecule has 2 rings (SSSR count). The molecule has 0 aromatic carbocycles. The number of aromatic nitrogens is 1. The first kappa shape index (κ1) is 13.8. The Morgan fingerprint density at radius 2 is 2.17 bits per heavy atom. The maximum atomic E-state index is 11.5. The highest BCUT2D eigenvalue weighted by Crippen LogP contribution is 2.37. The predicted molar refractivity (Wildman–Crippen MR) is 72.1 cm³/mol. The first-order chi connectivity index (χ1) is 8.32. The zero-order valence-electron chi connectivity index (χ0n) is 10.1. The Morgan fingerprint density at radius 3 is 2.56 bits per heavy atom. The molecule has 1 aliphatic heterocycles. The van der Waals surface area contributed by atoms with E-state index in [9.17, 15) is 8.42 Å². The fourth-order valence-corrected chi connectivity index (χ4v) is 3.98. The fraction of sp³-hybridized carbons (Fsp3) is 0.600. The molecular weight excluding hydrogens is 296 g/mol. The maximum Gasteiger partial charge on any atom is 0.152 e. The van der Waals surface area contributed by atoms with Crippen molar-refractivity contribution in [1.82, 2.24) is 4.37 Å². The molecule has 1 aromatic rings. The van der Waals surface area contributed by atoms with Crippen LogP contribution in [-0.4, -0.2) is 24.1 Å². The second kappa shape index (κ2) is 4.79. The van der Waals surface area contributed by atoms with Crippen molar-refractivity contribution in [3.8, 4) is 0 Å². The van der Waals surface area contributed by atoms with Crippen molar-refractivity contribution >= 4 is 39.5 Å². The summed E-state index contributed by atoms with van der Waals surface area (Å²) in [4.78, 5) is 5.22. The van der Waals surface area contributed by atoms with Gasteiger partial charge in [0.25, 0.3) is 0 Å². The maximum absolute atomic E-state index is 11.5. The molecule has 0 saturated carbocycles. The first-order valence-electron chi connectivity index (χ1n) is 5.32. The van der Waals surface area contributed by atoms with E-state index in [0.717, 1.165) is 11.5 Å². The molecule has 1 unspecified atom stereocenters. The van der Waals surface area contributed by atoms with Gasteiger partial charge in [0.05, 0.1) is 11.4 Å². The van der Waals surface area contributed by atoms with Gasteiger partial charge in [-0.15, -0.1) is 0 Å². The number of aryl methyl sites for hydroxylation is 1. The topological polar surface area (TPSA) is 68.6 Å². The average Bonchev–Trinajstić information content (AvgIpc) is 2.75. The van der Waals surface area contributed by atoms with Crippen molar-refractivity contribution in [2.45, 2.75) is 38.0 Å². The molecule has 0 aliphatic carbocycles. The third kappa shape index (κ3) is 2.53. The smallest absolute Gasteiger partial charge is 0.152 e. The Morgan fingerprint density at radius 1 is 1.50 bits per heavy atom. The van der Waals surface area contributed by atoms with Gasteiger partial charge >= 0.3 is 0 Å². The summed E-state index contributed by atoms with van der Waals surface area (Å²) in [5.74, 6) is 0. The summed E-state index contributed by atoms with van der Waals surface area (Å²) in [6.45, 7) is 5.46. The summed E-state index contributed by atoms with van der Waals surface area (Å²) in [5.41, 5.74) is 1.17. The highest BCUT2D eigenvalue weighted by atomic mass is 35.5. The van der Waals surface area contributed by atoms with Crippen LogP contribution in [0.15, 0.2) is 5.16 Å². The van der Waals surface area contributed by atoms with Crippen molar-refractivity contribution in [3.05, 3.63) is 15.6 Å². The zero-order chi connectivity index (χ0) is 13.5. The van der Waals surface area contributed by atoms with Gasteiger partial charge in [-0.1, -0.05) is 16.8 Å². The van der Waals surface area contributed by atoms with Crippen LogP contribution in [0.25, 0.3) is 0 Å². The molecule has 8 heteroatoms. The molecule has 0 fully saturated rings. The molecule has 0 saturated heterocycles. The van der Waals surface area contributed by atoms with Crippen LogP contribution >= 0.6 is 23.1 Å². The Hall–Kier alpha value is -0.660. The third-order valence-corrected chi connectivity index (χ3v) is 4.81. The van der Waals surface area contributed by atoms with Crippen LogP contribution in [0.3, 0.4) is 0 Å². The van der Waals surface area contributed by atoms with Gasteiger partial charge in [0.15, 0.2) is 10.7 Å². The van der Waals surface area contributed by atoms with E-state index >= 15 is 0 Å². The standard InChI is InChI=1S/C10H13ClN2O3S2/c1-5-7(9(11)17-13-5)8(18(14)15)6-4-10(2,3)16-12-6/h8,18H,4H2,1-3H3. The highest BCUT2D eigenvalue weighted by molar-refractivity contribution is 7.73. The van der Waals surface area contributed by atoms with E-state index < -0.39 is 21.6 Å². The van der Waals surface area contributed by atoms with E-state index in [2.05, 4.69) is 9.53 Å². The van der Waals surface area contributed by atoms with Gasteiger partial charge in [0, 0.05) is 12.0 Å². The van der Waals surface area contributed by atoms with E-state index in [-0.39, 0.29) is 0 Å². The van der Waals surface area contributed by atoms with E-state index in [1.54, 1.807) is 6.92 Å². The van der Waals surface area contributed by atoms with E-state index in [1.165, 1.54) is 0 Å². The SMILES string of the molecule is Cc1nsc(Cl)c1C(C1=NOC(C)(C)C1)[SH](=O)=O. The van der Waals surface area contributed by atoms with Crippen LogP contribution in [-0.2, 0) is 15.5 Å². The fourth-order valence-electron chi connectivity index (χ4n) is 1.88. The molecule has 1 aromatic heterocycles. The van der Waals surface area contributed by atoms with Crippen LogP contribution in [0.1, 0.15) is 36.8 Å². The van der Waals surface area contributed by atoms with Crippen molar-refractivity contribution < 1.29 is 13.3 Å². The Balaban J connectivity index is 2.43. The van der Waals surface area contributed by atoms with Crippen molar-refractivity contribution in [2.24, 2.45) is 5.16 Å². The summed E-state index contributed by atoms with van der Waals surface area (Å²) < 4.78 is 27.5. The quantitative estimate of drug-likeness (QED) is 0.870. The van der Waals surface area contributed by atoms with Crippen LogP contribution in [0.2, 0.25) is 4.34 Å². The lowest BCUT2D eigenvalue weighted by Crippen LogP contribution is -2.22. The van der Waals surface area contributed by atoms with Crippen molar-refractivity contribution in [1.29, 1.82) is 0 Å². The minimum absolute atomic E-state index is 0.393. The summed E-state index contributed by atoms with van der Waals surface area (Å²) >= 11 is 7.11. The van der Waals surface area contributed by atoms with Gasteiger partial charge < -0.3 is 4.84 Å².